The number of amides is 1. The highest BCUT2D eigenvalue weighted by molar-refractivity contribution is 5.97. The van der Waals surface area contributed by atoms with Crippen LogP contribution >= 0.6 is 0 Å². The first-order valence-electron chi connectivity index (χ1n) is 7.71. The van der Waals surface area contributed by atoms with Crippen LogP contribution in [0.5, 0.6) is 0 Å². The van der Waals surface area contributed by atoms with Crippen molar-refractivity contribution in [2.24, 2.45) is 5.92 Å². The van der Waals surface area contributed by atoms with E-state index in [1.165, 1.54) is 12.1 Å². The first kappa shape index (κ1) is 16.5. The zero-order valence-corrected chi connectivity index (χ0v) is 13.0. The van der Waals surface area contributed by atoms with E-state index in [1.807, 2.05) is 0 Å². The van der Waals surface area contributed by atoms with Crippen molar-refractivity contribution >= 4 is 11.9 Å². The molecule has 0 aromatic heterocycles. The van der Waals surface area contributed by atoms with E-state index in [0.717, 1.165) is 19.3 Å². The van der Waals surface area contributed by atoms with Gasteiger partial charge in [0.15, 0.2) is 0 Å². The maximum absolute atomic E-state index is 12.3. The molecule has 120 valence electrons. The van der Waals surface area contributed by atoms with E-state index >= 15 is 0 Å². The molecule has 1 aromatic carbocycles. The molecular weight excluding hydrogens is 282 g/mol. The van der Waals surface area contributed by atoms with Crippen LogP contribution in [0.25, 0.3) is 0 Å². The van der Waals surface area contributed by atoms with Crippen LogP contribution in [0.15, 0.2) is 24.3 Å². The molecule has 1 aliphatic rings. The molecule has 1 heterocycles. The number of benzene rings is 1. The third-order valence-electron chi connectivity index (χ3n) is 3.81. The highest BCUT2D eigenvalue weighted by Crippen LogP contribution is 2.20. The van der Waals surface area contributed by atoms with Crippen LogP contribution in [0.3, 0.4) is 0 Å². The molecule has 0 radical (unpaired) electrons. The molecule has 2 N–H and O–H groups in total. The van der Waals surface area contributed by atoms with Gasteiger partial charge in [-0.2, -0.15) is 0 Å². The topological polar surface area (TPSA) is 75.6 Å². The van der Waals surface area contributed by atoms with Crippen molar-refractivity contribution in [3.05, 3.63) is 35.4 Å². The van der Waals surface area contributed by atoms with Crippen molar-refractivity contribution in [3.8, 4) is 0 Å². The highest BCUT2D eigenvalue weighted by atomic mass is 16.5. The number of rotatable bonds is 5. The van der Waals surface area contributed by atoms with E-state index in [2.05, 4.69) is 19.2 Å². The quantitative estimate of drug-likeness (QED) is 0.877. The van der Waals surface area contributed by atoms with E-state index in [9.17, 15) is 9.59 Å². The van der Waals surface area contributed by atoms with Crippen LogP contribution in [-0.2, 0) is 4.74 Å². The molecule has 0 aliphatic carbocycles. The van der Waals surface area contributed by atoms with Crippen molar-refractivity contribution in [2.45, 2.75) is 45.3 Å². The second-order valence-electron chi connectivity index (χ2n) is 6.20. The van der Waals surface area contributed by atoms with Gasteiger partial charge < -0.3 is 15.2 Å². The maximum atomic E-state index is 12.3. The van der Waals surface area contributed by atoms with Crippen LogP contribution in [0.4, 0.5) is 0 Å². The lowest BCUT2D eigenvalue weighted by atomic mass is 9.96. The summed E-state index contributed by atoms with van der Waals surface area (Å²) >= 11 is 0. The zero-order chi connectivity index (χ0) is 16.1. The van der Waals surface area contributed by atoms with Crippen molar-refractivity contribution < 1.29 is 19.4 Å². The number of ether oxygens (including phenoxy) is 1. The largest absolute Gasteiger partial charge is 0.478 e. The number of carboxylic acids is 1. The predicted octanol–water partition coefficient (Wildman–Crippen LogP) is 2.71. The van der Waals surface area contributed by atoms with Crippen LogP contribution in [-0.4, -0.2) is 35.7 Å². The number of nitrogens with one attached hydrogen (secondary N) is 1. The molecule has 5 nitrogen and oxygen atoms in total. The minimum Gasteiger partial charge on any atom is -0.478 e. The molecule has 2 rings (SSSR count). The molecule has 1 amide bonds. The van der Waals surface area contributed by atoms with Gasteiger partial charge in [0.05, 0.1) is 11.7 Å². The Morgan fingerprint density at radius 2 is 2.09 bits per heavy atom. The average molecular weight is 305 g/mol. The van der Waals surface area contributed by atoms with Crippen molar-refractivity contribution in [3.63, 3.8) is 0 Å². The van der Waals surface area contributed by atoms with Crippen LogP contribution in [0, 0.1) is 5.92 Å². The van der Waals surface area contributed by atoms with Gasteiger partial charge in [0.1, 0.15) is 0 Å². The van der Waals surface area contributed by atoms with Gasteiger partial charge in [-0.1, -0.05) is 19.9 Å². The van der Waals surface area contributed by atoms with E-state index in [0.29, 0.717) is 18.1 Å². The number of carbonyl (C=O) groups is 2. The lowest BCUT2D eigenvalue weighted by molar-refractivity contribution is -0.00846. The smallest absolute Gasteiger partial charge is 0.335 e. The molecule has 2 unspecified atom stereocenters. The third kappa shape index (κ3) is 4.56. The zero-order valence-electron chi connectivity index (χ0n) is 13.0. The van der Waals surface area contributed by atoms with Gasteiger partial charge >= 0.3 is 5.97 Å². The molecule has 1 saturated heterocycles. The fourth-order valence-corrected chi connectivity index (χ4v) is 2.76. The summed E-state index contributed by atoms with van der Waals surface area (Å²) in [6.45, 7) is 4.96. The molecule has 2 atom stereocenters. The summed E-state index contributed by atoms with van der Waals surface area (Å²) in [6.07, 6.45) is 2.77. The molecule has 22 heavy (non-hydrogen) atoms. The third-order valence-corrected chi connectivity index (χ3v) is 3.81. The second kappa shape index (κ2) is 7.40. The van der Waals surface area contributed by atoms with Gasteiger partial charge in [0.25, 0.3) is 5.91 Å². The normalized spacial score (nSPS) is 21.6. The molecule has 0 spiro atoms. The van der Waals surface area contributed by atoms with E-state index in [1.54, 1.807) is 12.1 Å². The summed E-state index contributed by atoms with van der Waals surface area (Å²) in [5.41, 5.74) is 0.504. The fraction of sp³-hybridized carbons (Fsp3) is 0.529. The van der Waals surface area contributed by atoms with Gasteiger partial charge in [-0.3, -0.25) is 4.79 Å². The van der Waals surface area contributed by atoms with Gasteiger partial charge in [-0.15, -0.1) is 0 Å². The summed E-state index contributed by atoms with van der Waals surface area (Å²) in [6, 6.07) is 6.18. The molecule has 1 aromatic rings. The Hall–Kier alpha value is -1.88. The fourth-order valence-electron chi connectivity index (χ4n) is 2.76. The number of hydrogen-bond donors (Lipinski definition) is 2. The van der Waals surface area contributed by atoms with Gasteiger partial charge in [0.2, 0.25) is 0 Å². The van der Waals surface area contributed by atoms with Gasteiger partial charge in [0, 0.05) is 18.2 Å². The van der Waals surface area contributed by atoms with Crippen molar-refractivity contribution in [1.29, 1.82) is 0 Å². The lowest BCUT2D eigenvalue weighted by Crippen LogP contribution is -2.42. The van der Waals surface area contributed by atoms with Gasteiger partial charge in [-0.25, -0.2) is 4.79 Å². The number of carbonyl (C=O) groups excluding carboxylic acids is 1. The Morgan fingerprint density at radius 3 is 2.77 bits per heavy atom. The highest BCUT2D eigenvalue weighted by Gasteiger charge is 2.24. The molecule has 5 heteroatoms. The number of hydrogen-bond acceptors (Lipinski definition) is 3. The SMILES string of the molecule is CC(C)CC1CC(NC(=O)c2cccc(C(=O)O)c2)CCO1. The number of carboxylic acid groups (broad SMARTS) is 1. The Kier molecular flexibility index (Phi) is 5.55. The summed E-state index contributed by atoms with van der Waals surface area (Å²) in [5.74, 6) is -0.692. The molecule has 0 saturated carbocycles. The Labute approximate surface area is 130 Å². The van der Waals surface area contributed by atoms with Crippen LogP contribution in [0.1, 0.15) is 53.8 Å². The molecular formula is C17H23NO4. The van der Waals surface area contributed by atoms with Crippen molar-refractivity contribution in [1.82, 2.24) is 5.32 Å². The van der Waals surface area contributed by atoms with Gasteiger partial charge in [-0.05, 0) is 43.4 Å². The van der Waals surface area contributed by atoms with Crippen LogP contribution in [0.2, 0.25) is 0 Å². The van der Waals surface area contributed by atoms with E-state index in [4.69, 9.17) is 9.84 Å². The summed E-state index contributed by atoms with van der Waals surface area (Å²) in [5, 5.41) is 12.0. The first-order chi connectivity index (χ1) is 10.5. The number of aromatic carboxylic acids is 1. The Morgan fingerprint density at radius 1 is 1.36 bits per heavy atom. The molecule has 1 fully saturated rings. The summed E-state index contributed by atoms with van der Waals surface area (Å²) in [7, 11) is 0. The Bertz CT molecular complexity index is 541. The lowest BCUT2D eigenvalue weighted by Gasteiger charge is -2.31. The Balaban J connectivity index is 1.96. The monoisotopic (exact) mass is 305 g/mol. The maximum Gasteiger partial charge on any atom is 0.335 e. The van der Waals surface area contributed by atoms with Crippen molar-refractivity contribution in [2.75, 3.05) is 6.61 Å². The van der Waals surface area contributed by atoms with Crippen LogP contribution < -0.4 is 5.32 Å². The standard InChI is InChI=1S/C17H23NO4/c1-11(2)8-15-10-14(6-7-22-15)18-16(19)12-4-3-5-13(9-12)17(20)21/h3-5,9,11,14-15H,6-8,10H2,1-2H3,(H,18,19)(H,20,21). The minimum atomic E-state index is -1.03. The average Bonchev–Trinajstić information content (AvgIpc) is 2.47. The van der Waals surface area contributed by atoms with E-state index in [-0.39, 0.29) is 23.6 Å². The summed E-state index contributed by atoms with van der Waals surface area (Å²) in [4.78, 5) is 23.2. The second-order valence-corrected chi connectivity index (χ2v) is 6.20. The van der Waals surface area contributed by atoms with E-state index < -0.39 is 5.97 Å². The molecule has 1 aliphatic heterocycles. The summed E-state index contributed by atoms with van der Waals surface area (Å²) < 4.78 is 5.73. The molecule has 0 bridgehead atoms. The minimum absolute atomic E-state index is 0.0819. The first-order valence-corrected chi connectivity index (χ1v) is 7.71. The predicted molar refractivity (Wildman–Crippen MR) is 83.1 cm³/mol.